The lowest BCUT2D eigenvalue weighted by molar-refractivity contribution is 0.0133. The van der Waals surface area contributed by atoms with Crippen LogP contribution in [0.3, 0.4) is 0 Å². The van der Waals surface area contributed by atoms with Crippen molar-refractivity contribution in [1.29, 1.82) is 0 Å². The molecule has 2 aromatic rings. The number of amides is 1. The monoisotopic (exact) mass is 583 g/mol. The minimum atomic E-state index is -2.03. The van der Waals surface area contributed by atoms with E-state index in [0.717, 1.165) is 43.7 Å². The fourth-order valence-corrected chi connectivity index (χ4v) is 7.81. The van der Waals surface area contributed by atoms with Crippen molar-refractivity contribution in [2.45, 2.75) is 57.6 Å². The summed E-state index contributed by atoms with van der Waals surface area (Å²) in [6.07, 6.45) is 9.42. The molecule has 2 aliphatic heterocycles. The predicted molar refractivity (Wildman–Crippen MR) is 159 cm³/mol. The van der Waals surface area contributed by atoms with Crippen LogP contribution in [0.4, 0.5) is 5.82 Å². The van der Waals surface area contributed by atoms with Gasteiger partial charge in [0.05, 0.1) is 12.7 Å². The highest BCUT2D eigenvalue weighted by molar-refractivity contribution is 7.75. The third-order valence-electron chi connectivity index (χ3n) is 9.06. The second kappa shape index (κ2) is 11.8. The van der Waals surface area contributed by atoms with Crippen molar-refractivity contribution >= 4 is 33.9 Å². The molecule has 9 heteroatoms. The molecule has 7 atom stereocenters. The van der Waals surface area contributed by atoms with Gasteiger partial charge in [0, 0.05) is 41.6 Å². The molecule has 0 spiro atoms. The number of allylic oxidation sites excluding steroid dienone is 1. The lowest BCUT2D eigenvalue weighted by Crippen LogP contribution is -2.43. The number of aromatic nitrogens is 1. The zero-order chi connectivity index (χ0) is 27.8. The second-order valence-electron chi connectivity index (χ2n) is 11.9. The van der Waals surface area contributed by atoms with Gasteiger partial charge in [-0.2, -0.15) is 4.36 Å². The molecule has 1 aromatic heterocycles. The Morgan fingerprint density at radius 2 is 2.02 bits per heavy atom. The van der Waals surface area contributed by atoms with E-state index in [4.69, 9.17) is 26.1 Å². The van der Waals surface area contributed by atoms with E-state index in [2.05, 4.69) is 33.5 Å². The number of carbonyl (C=O) groups is 1. The molecule has 3 heterocycles. The highest BCUT2D eigenvalue weighted by Gasteiger charge is 2.41. The van der Waals surface area contributed by atoms with Gasteiger partial charge < -0.3 is 14.4 Å². The van der Waals surface area contributed by atoms with Gasteiger partial charge in [-0.3, -0.25) is 9.00 Å². The number of rotatable bonds is 1. The lowest BCUT2D eigenvalue weighted by atomic mass is 9.70. The molecule has 0 radical (unpaired) electrons. The van der Waals surface area contributed by atoms with Crippen molar-refractivity contribution in [2.24, 2.45) is 28.0 Å². The number of ether oxygens (including phenoxy) is 2. The van der Waals surface area contributed by atoms with Crippen LogP contribution in [0.25, 0.3) is 0 Å². The van der Waals surface area contributed by atoms with Gasteiger partial charge in [-0.15, -0.1) is 0 Å². The number of hydrogen-bond acceptors (Lipinski definition) is 6. The van der Waals surface area contributed by atoms with Crippen LogP contribution in [0, 0.1) is 23.7 Å². The van der Waals surface area contributed by atoms with E-state index in [1.807, 2.05) is 19.1 Å². The molecule has 7 nitrogen and oxygen atoms in total. The van der Waals surface area contributed by atoms with E-state index in [1.54, 1.807) is 13.2 Å². The molecule has 0 N–H and O–H groups in total. The molecule has 214 valence electrons. The topological polar surface area (TPSA) is 81.1 Å². The van der Waals surface area contributed by atoms with Crippen LogP contribution in [-0.4, -0.2) is 47.2 Å². The van der Waals surface area contributed by atoms with Crippen molar-refractivity contribution in [3.8, 4) is 5.75 Å². The van der Waals surface area contributed by atoms with E-state index in [-0.39, 0.29) is 17.7 Å². The number of anilines is 1. The van der Waals surface area contributed by atoms with Gasteiger partial charge in [0.25, 0.3) is 0 Å². The Labute approximate surface area is 243 Å². The average Bonchev–Trinajstić information content (AvgIpc) is 3.68. The van der Waals surface area contributed by atoms with Gasteiger partial charge in [-0.25, -0.2) is 4.98 Å². The standard InChI is InChI=1S/C31H38ClN3O4S/c1-19-4-3-5-28(38-2)24-9-7-21(24)16-35-17-22-6-8-23(32)15-26(22)25-14-20(25)12-13-39-29-11-10-27(33-30(29)35)31(36)34-40(37)18-19/h3,5-6,8,10-11,15,19-21,24-25,28,40H,4,7,9,12-14,16-18H2,1-2H3/b5-3+/t19-,20+,21-,24+,25-,28-/m0/s1. The van der Waals surface area contributed by atoms with Crippen molar-refractivity contribution in [2.75, 3.05) is 30.9 Å². The second-order valence-corrected chi connectivity index (χ2v) is 13.6. The molecular formula is C31H38ClN3O4S. The zero-order valence-corrected chi connectivity index (χ0v) is 24.8. The van der Waals surface area contributed by atoms with Gasteiger partial charge >= 0.3 is 5.91 Å². The maximum atomic E-state index is 13.1. The summed E-state index contributed by atoms with van der Waals surface area (Å²) in [5.74, 6) is 3.14. The fourth-order valence-electron chi connectivity index (χ4n) is 6.56. The normalized spacial score (nSPS) is 33.4. The zero-order valence-electron chi connectivity index (χ0n) is 23.2. The van der Waals surface area contributed by atoms with Crippen molar-refractivity contribution in [1.82, 2.24) is 4.98 Å². The molecule has 0 saturated heterocycles. The SMILES string of the molecule is CO[C@H]1/C=C/C[C@H](C)C/[SH](=O)=N\C(=O)c2ccc3c(n2)N(Cc2ccc(Cl)cc2[C@H]2C[C@H]2CCO3)C[C@@H]2CC[C@H]21. The van der Waals surface area contributed by atoms with Crippen molar-refractivity contribution in [3.05, 3.63) is 64.3 Å². The molecule has 1 unspecified atom stereocenters. The van der Waals surface area contributed by atoms with Gasteiger partial charge in [-0.05, 0) is 97.1 Å². The summed E-state index contributed by atoms with van der Waals surface area (Å²) in [5, 5.41) is 0.758. The van der Waals surface area contributed by atoms with E-state index in [1.165, 1.54) is 11.1 Å². The average molecular weight is 584 g/mol. The summed E-state index contributed by atoms with van der Waals surface area (Å²) in [7, 11) is -0.250. The molecule has 6 rings (SSSR count). The van der Waals surface area contributed by atoms with Crippen LogP contribution in [0.15, 0.2) is 46.8 Å². The first kappa shape index (κ1) is 27.7. The third kappa shape index (κ3) is 5.95. The number of nitrogens with zero attached hydrogens (tertiary/aromatic N) is 3. The molecule has 1 amide bonds. The molecule has 4 aliphatic rings. The molecule has 2 fully saturated rings. The minimum Gasteiger partial charge on any atom is -0.490 e. The highest BCUT2D eigenvalue weighted by Crippen LogP contribution is 2.52. The molecule has 1 aromatic carbocycles. The smallest absolute Gasteiger partial charge is 0.303 e. The minimum absolute atomic E-state index is 0.0242. The summed E-state index contributed by atoms with van der Waals surface area (Å²) in [4.78, 5) is 20.2. The number of halogens is 1. The third-order valence-corrected chi connectivity index (χ3v) is 10.6. The number of fused-ring (bicyclic) bond motifs is 5. The van der Waals surface area contributed by atoms with E-state index in [9.17, 15) is 9.00 Å². The number of hydrogen-bond donors (Lipinski definition) is 1. The van der Waals surface area contributed by atoms with Crippen molar-refractivity contribution < 1.29 is 18.5 Å². The maximum Gasteiger partial charge on any atom is 0.303 e. The number of methoxy groups -OCH3 is 1. The summed E-state index contributed by atoms with van der Waals surface area (Å²) in [6.45, 7) is 4.02. The number of benzene rings is 1. The Hall–Kier alpha value is -2.42. The van der Waals surface area contributed by atoms with E-state index >= 15 is 0 Å². The van der Waals surface area contributed by atoms with Crippen LogP contribution < -0.4 is 9.64 Å². The summed E-state index contributed by atoms with van der Waals surface area (Å²) < 4.78 is 29.1. The molecule has 2 saturated carbocycles. The van der Waals surface area contributed by atoms with Crippen LogP contribution in [0.2, 0.25) is 5.02 Å². The molecular weight excluding hydrogens is 546 g/mol. The Morgan fingerprint density at radius 1 is 1.15 bits per heavy atom. The highest BCUT2D eigenvalue weighted by atomic mass is 35.5. The summed E-state index contributed by atoms with van der Waals surface area (Å²) >= 11 is 6.47. The molecule has 40 heavy (non-hydrogen) atoms. The van der Waals surface area contributed by atoms with Gasteiger partial charge in [0.15, 0.2) is 11.6 Å². The van der Waals surface area contributed by atoms with E-state index < -0.39 is 16.5 Å². The van der Waals surface area contributed by atoms with Gasteiger partial charge in [0.1, 0.15) is 5.69 Å². The Morgan fingerprint density at radius 3 is 2.83 bits per heavy atom. The van der Waals surface area contributed by atoms with Crippen LogP contribution >= 0.6 is 11.6 Å². The molecule has 2 bridgehead atoms. The maximum absolute atomic E-state index is 13.1. The quantitative estimate of drug-likeness (QED) is 0.324. The lowest BCUT2D eigenvalue weighted by Gasteiger charge is -2.43. The van der Waals surface area contributed by atoms with E-state index in [0.29, 0.717) is 54.1 Å². The van der Waals surface area contributed by atoms with Crippen LogP contribution in [0.5, 0.6) is 5.75 Å². The number of pyridine rings is 1. The predicted octanol–water partition coefficient (Wildman–Crippen LogP) is 6.07. The van der Waals surface area contributed by atoms with Crippen molar-refractivity contribution in [3.63, 3.8) is 0 Å². The summed E-state index contributed by atoms with van der Waals surface area (Å²) in [5.41, 5.74) is 2.74. The Bertz CT molecular complexity index is 1390. The van der Waals surface area contributed by atoms with Gasteiger partial charge in [0.2, 0.25) is 0 Å². The largest absolute Gasteiger partial charge is 0.490 e. The fraction of sp³-hybridized carbons (Fsp3) is 0.548. The Balaban J connectivity index is 1.44. The molecule has 2 aliphatic carbocycles. The van der Waals surface area contributed by atoms with Gasteiger partial charge in [-0.1, -0.05) is 36.7 Å². The number of thiol groups is 1. The van der Waals surface area contributed by atoms with Crippen LogP contribution in [0.1, 0.15) is 66.6 Å². The first-order valence-corrected chi connectivity index (χ1v) is 16.2. The first-order valence-electron chi connectivity index (χ1n) is 14.5. The van der Waals surface area contributed by atoms with Crippen LogP contribution in [-0.2, 0) is 21.9 Å². The number of carbonyl (C=O) groups excluding carboxylic acids is 1. The Kier molecular flexibility index (Phi) is 8.20. The first-order chi connectivity index (χ1) is 19.4. The summed E-state index contributed by atoms with van der Waals surface area (Å²) in [6, 6.07) is 9.72.